The first-order chi connectivity index (χ1) is 18.6. The number of pyridine rings is 1. The topological polar surface area (TPSA) is 127 Å². The summed E-state index contributed by atoms with van der Waals surface area (Å²) in [5, 5.41) is 31.6. The number of aromatic nitrogens is 3. The monoisotopic (exact) mass is 538 g/mol. The van der Waals surface area contributed by atoms with Gasteiger partial charge in [0.25, 0.3) is 0 Å². The van der Waals surface area contributed by atoms with Crippen LogP contribution in [0.4, 0.5) is 9.18 Å². The number of carbonyl (C=O) groups excluding carboxylic acids is 1. The number of ether oxygens (including phenoxy) is 1. The number of benzene rings is 1. The van der Waals surface area contributed by atoms with E-state index in [0.717, 1.165) is 28.2 Å². The van der Waals surface area contributed by atoms with Gasteiger partial charge in [-0.2, -0.15) is 5.10 Å². The van der Waals surface area contributed by atoms with Gasteiger partial charge in [0, 0.05) is 78.8 Å². The molecular formula is C28H35FN6O4. The molecule has 4 N–H and O–H groups in total. The van der Waals surface area contributed by atoms with Crippen molar-refractivity contribution in [2.24, 2.45) is 5.92 Å². The van der Waals surface area contributed by atoms with Crippen molar-refractivity contribution in [2.75, 3.05) is 26.7 Å². The molecular weight excluding hydrogens is 503 g/mol. The summed E-state index contributed by atoms with van der Waals surface area (Å²) < 4.78 is 20.0. The Bertz CT molecular complexity index is 1340. The second kappa shape index (κ2) is 10.9. The number of nitrogens with one attached hydrogen (secondary N) is 2. The molecule has 4 heterocycles. The summed E-state index contributed by atoms with van der Waals surface area (Å²) in [6.07, 6.45) is 2.78. The Morgan fingerprint density at radius 3 is 2.87 bits per heavy atom. The van der Waals surface area contributed by atoms with Crippen LogP contribution < -0.4 is 10.1 Å². The van der Waals surface area contributed by atoms with Crippen LogP contribution in [0.25, 0.3) is 11.3 Å². The molecule has 2 atom stereocenters. The lowest BCUT2D eigenvalue weighted by Crippen LogP contribution is -2.57. The van der Waals surface area contributed by atoms with Crippen molar-refractivity contribution in [3.05, 3.63) is 64.9 Å². The van der Waals surface area contributed by atoms with E-state index in [-0.39, 0.29) is 18.6 Å². The summed E-state index contributed by atoms with van der Waals surface area (Å²) in [5.41, 5.74) is 5.04. The third-order valence-corrected chi connectivity index (χ3v) is 7.70. The number of nitrogens with zero attached hydrogens (tertiary/aromatic N) is 4. The predicted molar refractivity (Wildman–Crippen MR) is 142 cm³/mol. The fourth-order valence-electron chi connectivity index (χ4n) is 5.59. The molecule has 11 heteroatoms. The van der Waals surface area contributed by atoms with E-state index < -0.39 is 17.5 Å². The van der Waals surface area contributed by atoms with Crippen molar-refractivity contribution >= 4 is 6.03 Å². The van der Waals surface area contributed by atoms with Gasteiger partial charge < -0.3 is 25.2 Å². The number of aromatic amines is 1. The number of aliphatic hydroxyl groups is 2. The molecule has 0 aliphatic carbocycles. The van der Waals surface area contributed by atoms with E-state index in [2.05, 4.69) is 20.5 Å². The van der Waals surface area contributed by atoms with Crippen molar-refractivity contribution in [1.29, 1.82) is 0 Å². The molecule has 2 amide bonds. The Labute approximate surface area is 226 Å². The average Bonchev–Trinajstić information content (AvgIpc) is 3.32. The number of rotatable bonds is 6. The van der Waals surface area contributed by atoms with Crippen LogP contribution in [0.15, 0.2) is 36.5 Å². The number of hydrogen-bond acceptors (Lipinski definition) is 7. The number of amides is 2. The first-order valence-corrected chi connectivity index (χ1v) is 13.2. The minimum absolute atomic E-state index is 0.214. The molecule has 5 rings (SSSR count). The largest absolute Gasteiger partial charge is 0.496 e. The quantitative estimate of drug-likeness (QED) is 0.356. The Morgan fingerprint density at radius 2 is 2.13 bits per heavy atom. The zero-order valence-corrected chi connectivity index (χ0v) is 22.4. The maximum absolute atomic E-state index is 14.7. The molecule has 2 aliphatic heterocycles. The number of fused-ring (bicyclic) bond motifs is 1. The predicted octanol–water partition coefficient (Wildman–Crippen LogP) is 2.59. The Hall–Kier alpha value is -3.54. The first kappa shape index (κ1) is 27.0. The number of methoxy groups -OCH3 is 1. The van der Waals surface area contributed by atoms with Gasteiger partial charge in [0.05, 0.1) is 19.3 Å². The lowest BCUT2D eigenvalue weighted by atomic mass is 9.87. The van der Waals surface area contributed by atoms with E-state index in [1.165, 1.54) is 20.1 Å². The van der Waals surface area contributed by atoms with Gasteiger partial charge >= 0.3 is 6.03 Å². The number of halogens is 1. The van der Waals surface area contributed by atoms with Crippen molar-refractivity contribution in [2.45, 2.75) is 51.6 Å². The SMILES string of the molecule is COc1cccc(F)c1CN1CC(NC(=O)N2CCc3[nH]nc(-c4ccnc(C)c4)c3C2)CC(C(C)(O)O)C1. The summed E-state index contributed by atoms with van der Waals surface area (Å²) in [4.78, 5) is 21.4. The molecule has 208 valence electrons. The van der Waals surface area contributed by atoms with Crippen LogP contribution in [-0.2, 0) is 19.5 Å². The summed E-state index contributed by atoms with van der Waals surface area (Å²) in [5.74, 6) is -2.46. The minimum Gasteiger partial charge on any atom is -0.496 e. The fraction of sp³-hybridized carbons (Fsp3) is 0.464. The van der Waals surface area contributed by atoms with Crippen molar-refractivity contribution in [3.63, 3.8) is 0 Å². The normalized spacial score (nSPS) is 20.0. The number of piperidine rings is 1. The van der Waals surface area contributed by atoms with Gasteiger partial charge in [-0.05, 0) is 44.5 Å². The van der Waals surface area contributed by atoms with Gasteiger partial charge in [-0.1, -0.05) is 6.07 Å². The van der Waals surface area contributed by atoms with Gasteiger partial charge in [-0.3, -0.25) is 15.0 Å². The zero-order valence-electron chi connectivity index (χ0n) is 22.4. The van der Waals surface area contributed by atoms with E-state index in [1.54, 1.807) is 23.2 Å². The van der Waals surface area contributed by atoms with E-state index in [1.807, 2.05) is 24.0 Å². The van der Waals surface area contributed by atoms with Gasteiger partial charge in [0.2, 0.25) is 0 Å². The van der Waals surface area contributed by atoms with Crippen LogP contribution in [0.1, 0.15) is 35.9 Å². The van der Waals surface area contributed by atoms with E-state index >= 15 is 0 Å². The number of urea groups is 1. The van der Waals surface area contributed by atoms with Crippen molar-refractivity contribution in [1.82, 2.24) is 30.3 Å². The maximum Gasteiger partial charge on any atom is 0.317 e. The molecule has 0 bridgehead atoms. The lowest BCUT2D eigenvalue weighted by Gasteiger charge is -2.42. The van der Waals surface area contributed by atoms with E-state index in [4.69, 9.17) is 4.74 Å². The number of carbonyl (C=O) groups is 1. The average molecular weight is 539 g/mol. The van der Waals surface area contributed by atoms with Crippen LogP contribution in [0.2, 0.25) is 0 Å². The molecule has 1 saturated heterocycles. The molecule has 2 aliphatic rings. The van der Waals surface area contributed by atoms with E-state index in [9.17, 15) is 19.4 Å². The molecule has 0 radical (unpaired) electrons. The van der Waals surface area contributed by atoms with Crippen LogP contribution >= 0.6 is 0 Å². The smallest absolute Gasteiger partial charge is 0.317 e. The molecule has 1 aromatic carbocycles. The molecule has 0 saturated carbocycles. The number of aryl methyl sites for hydroxylation is 1. The molecule has 1 fully saturated rings. The third kappa shape index (κ3) is 5.90. The molecule has 0 spiro atoms. The highest BCUT2D eigenvalue weighted by Gasteiger charge is 2.39. The summed E-state index contributed by atoms with van der Waals surface area (Å²) in [6.45, 7) is 5.18. The molecule has 2 unspecified atom stereocenters. The number of hydrogen-bond donors (Lipinski definition) is 4. The third-order valence-electron chi connectivity index (χ3n) is 7.70. The summed E-state index contributed by atoms with van der Waals surface area (Å²) >= 11 is 0. The highest BCUT2D eigenvalue weighted by Crippen LogP contribution is 2.31. The number of likely N-dealkylation sites (tertiary alicyclic amines) is 1. The van der Waals surface area contributed by atoms with Crippen molar-refractivity contribution < 1.29 is 24.1 Å². The maximum atomic E-state index is 14.7. The standard InChI is InChI=1S/C28H35FN6O4/c1-17-11-18(7-9-30-17)26-22-16-35(10-8-24(22)32-33-26)27(36)31-20-12-19(28(2,37)38)13-34(14-20)15-21-23(29)5-4-6-25(21)39-3/h4-7,9,11,19-20,37-38H,8,10,12-16H2,1-3H3,(H,31,36)(H,32,33). The van der Waals surface area contributed by atoms with Crippen LogP contribution in [-0.4, -0.2) is 79.8 Å². The fourth-order valence-corrected chi connectivity index (χ4v) is 5.59. The second-order valence-electron chi connectivity index (χ2n) is 10.7. The first-order valence-electron chi connectivity index (χ1n) is 13.2. The van der Waals surface area contributed by atoms with Gasteiger partial charge in [-0.25, -0.2) is 9.18 Å². The van der Waals surface area contributed by atoms with Crippen LogP contribution in [0.5, 0.6) is 5.75 Å². The van der Waals surface area contributed by atoms with Crippen molar-refractivity contribution in [3.8, 4) is 17.0 Å². The molecule has 3 aromatic rings. The Kier molecular flexibility index (Phi) is 7.57. The summed E-state index contributed by atoms with van der Waals surface area (Å²) in [7, 11) is 1.49. The highest BCUT2D eigenvalue weighted by atomic mass is 19.1. The van der Waals surface area contributed by atoms with Gasteiger partial charge in [-0.15, -0.1) is 0 Å². The second-order valence-corrected chi connectivity index (χ2v) is 10.7. The molecule has 10 nitrogen and oxygen atoms in total. The molecule has 2 aromatic heterocycles. The van der Waals surface area contributed by atoms with E-state index in [0.29, 0.717) is 50.3 Å². The van der Waals surface area contributed by atoms with Crippen LogP contribution in [0, 0.1) is 18.7 Å². The van der Waals surface area contributed by atoms with Gasteiger partial charge in [0.1, 0.15) is 11.6 Å². The highest BCUT2D eigenvalue weighted by molar-refractivity contribution is 5.76. The molecule has 39 heavy (non-hydrogen) atoms. The Morgan fingerprint density at radius 1 is 1.31 bits per heavy atom. The zero-order chi connectivity index (χ0) is 27.7. The van der Waals surface area contributed by atoms with Gasteiger partial charge in [0.15, 0.2) is 5.79 Å². The minimum atomic E-state index is -1.95. The number of H-pyrrole nitrogens is 1. The lowest BCUT2D eigenvalue weighted by molar-refractivity contribution is -0.198. The Balaban J connectivity index is 1.31. The summed E-state index contributed by atoms with van der Waals surface area (Å²) in [6, 6.07) is 7.95. The van der Waals surface area contributed by atoms with Crippen LogP contribution in [0.3, 0.4) is 0 Å².